The minimum Gasteiger partial charge on any atom is -0.469 e. The van der Waals surface area contributed by atoms with E-state index in [4.69, 9.17) is 14.2 Å². The maximum absolute atomic E-state index is 12.5. The van der Waals surface area contributed by atoms with E-state index in [1.165, 1.54) is 12.0 Å². The summed E-state index contributed by atoms with van der Waals surface area (Å²) in [5.74, 6) is -0.987. The van der Waals surface area contributed by atoms with Gasteiger partial charge in [0.2, 0.25) is 0 Å². The molecule has 0 bridgehead atoms. The first-order valence-electron chi connectivity index (χ1n) is 9.21. The highest BCUT2D eigenvalue weighted by atomic mass is 16.6. The first-order valence-corrected chi connectivity index (χ1v) is 9.21. The number of hydrogen-bond donors (Lipinski definition) is 1. The summed E-state index contributed by atoms with van der Waals surface area (Å²) in [6.07, 6.45) is -0.789. The quantitative estimate of drug-likeness (QED) is 0.625. The Bertz CT molecular complexity index is 686. The van der Waals surface area contributed by atoms with Crippen molar-refractivity contribution in [3.8, 4) is 0 Å². The van der Waals surface area contributed by atoms with Crippen LogP contribution in [-0.2, 0) is 25.6 Å². The molecule has 1 fully saturated rings. The molecule has 1 N–H and O–H groups in total. The largest absolute Gasteiger partial charge is 0.469 e. The highest BCUT2D eigenvalue weighted by Crippen LogP contribution is 2.20. The second-order valence-corrected chi connectivity index (χ2v) is 7.74. The summed E-state index contributed by atoms with van der Waals surface area (Å²) in [5.41, 5.74) is 0.218. The Labute approximate surface area is 165 Å². The van der Waals surface area contributed by atoms with Crippen LogP contribution in [0.25, 0.3) is 0 Å². The van der Waals surface area contributed by atoms with Gasteiger partial charge in [0.15, 0.2) is 0 Å². The van der Waals surface area contributed by atoms with Crippen molar-refractivity contribution in [1.29, 1.82) is 0 Å². The zero-order valence-corrected chi connectivity index (χ0v) is 16.8. The van der Waals surface area contributed by atoms with Gasteiger partial charge in [-0.15, -0.1) is 0 Å². The number of alkyl carbamates (subject to hydrolysis) is 1. The number of nitrogens with one attached hydrogen (secondary N) is 1. The number of piperidine rings is 1. The first kappa shape index (κ1) is 21.5. The summed E-state index contributed by atoms with van der Waals surface area (Å²) in [5, 5.41) is 2.72. The van der Waals surface area contributed by atoms with Crippen LogP contribution in [0.2, 0.25) is 0 Å². The van der Waals surface area contributed by atoms with Gasteiger partial charge in [-0.05, 0) is 32.8 Å². The first-order chi connectivity index (χ1) is 13.2. The van der Waals surface area contributed by atoms with Crippen LogP contribution in [0.5, 0.6) is 0 Å². The van der Waals surface area contributed by atoms with Crippen molar-refractivity contribution in [1.82, 2.24) is 10.2 Å². The van der Waals surface area contributed by atoms with E-state index in [2.05, 4.69) is 5.32 Å². The van der Waals surface area contributed by atoms with Crippen molar-refractivity contribution >= 4 is 18.2 Å². The Hall–Kier alpha value is -2.77. The minimum absolute atomic E-state index is 0.128. The summed E-state index contributed by atoms with van der Waals surface area (Å²) in [4.78, 5) is 38.0. The normalized spacial score (nSPS) is 19.5. The molecule has 1 heterocycles. The van der Waals surface area contributed by atoms with Gasteiger partial charge >= 0.3 is 18.2 Å². The number of carbonyl (C=O) groups excluding carboxylic acids is 3. The van der Waals surface area contributed by atoms with Crippen LogP contribution >= 0.6 is 0 Å². The SMILES string of the molecule is COC(=O)[C@@H]1C[C@H](NC(=O)OC(C)(C)C)CN(C(=O)OCc2ccccc2)C1. The van der Waals surface area contributed by atoms with E-state index in [0.29, 0.717) is 6.42 Å². The maximum Gasteiger partial charge on any atom is 0.410 e. The molecule has 1 aliphatic rings. The summed E-state index contributed by atoms with van der Waals surface area (Å²) in [6.45, 7) is 5.81. The smallest absolute Gasteiger partial charge is 0.410 e. The third kappa shape index (κ3) is 6.75. The molecule has 28 heavy (non-hydrogen) atoms. The second-order valence-electron chi connectivity index (χ2n) is 7.74. The molecule has 0 aliphatic carbocycles. The Kier molecular flexibility index (Phi) is 7.25. The van der Waals surface area contributed by atoms with Crippen LogP contribution in [-0.4, -0.2) is 54.9 Å². The van der Waals surface area contributed by atoms with Crippen LogP contribution in [0.15, 0.2) is 30.3 Å². The number of ether oxygens (including phenoxy) is 3. The molecule has 8 nitrogen and oxygen atoms in total. The van der Waals surface area contributed by atoms with E-state index in [1.54, 1.807) is 20.8 Å². The van der Waals surface area contributed by atoms with Gasteiger partial charge in [0, 0.05) is 13.1 Å². The lowest BCUT2D eigenvalue weighted by Crippen LogP contribution is -2.54. The Balaban J connectivity index is 2.00. The van der Waals surface area contributed by atoms with Crippen LogP contribution in [0.1, 0.15) is 32.8 Å². The standard InChI is InChI=1S/C20H28N2O6/c1-20(2,3)28-18(24)21-16-10-15(17(23)26-4)11-22(12-16)19(25)27-13-14-8-6-5-7-9-14/h5-9,15-16H,10-13H2,1-4H3,(H,21,24)/t15-,16+/m1/s1. The number of amides is 2. The average Bonchev–Trinajstić information content (AvgIpc) is 2.64. The van der Waals surface area contributed by atoms with E-state index in [0.717, 1.165) is 5.56 Å². The van der Waals surface area contributed by atoms with Gasteiger partial charge in [0.1, 0.15) is 12.2 Å². The van der Waals surface area contributed by atoms with Crippen molar-refractivity contribution in [2.45, 2.75) is 45.4 Å². The summed E-state index contributed by atoms with van der Waals surface area (Å²) in [7, 11) is 1.30. The number of esters is 1. The van der Waals surface area contributed by atoms with Gasteiger partial charge in [-0.1, -0.05) is 30.3 Å². The van der Waals surface area contributed by atoms with Gasteiger partial charge in [-0.25, -0.2) is 9.59 Å². The molecule has 2 atom stereocenters. The number of carbonyl (C=O) groups is 3. The number of hydrogen-bond acceptors (Lipinski definition) is 6. The zero-order chi connectivity index (χ0) is 20.7. The van der Waals surface area contributed by atoms with E-state index in [9.17, 15) is 14.4 Å². The molecule has 1 aromatic rings. The Morgan fingerprint density at radius 2 is 1.82 bits per heavy atom. The van der Waals surface area contributed by atoms with Crippen molar-refractivity contribution in [3.05, 3.63) is 35.9 Å². The fraction of sp³-hybridized carbons (Fsp3) is 0.550. The van der Waals surface area contributed by atoms with Crippen LogP contribution in [0.4, 0.5) is 9.59 Å². The van der Waals surface area contributed by atoms with E-state index in [1.807, 2.05) is 30.3 Å². The predicted octanol–water partition coefficient (Wildman–Crippen LogP) is 2.71. The highest BCUT2D eigenvalue weighted by Gasteiger charge is 2.36. The molecule has 8 heteroatoms. The zero-order valence-electron chi connectivity index (χ0n) is 16.8. The molecule has 0 spiro atoms. The number of benzene rings is 1. The molecule has 1 aliphatic heterocycles. The fourth-order valence-electron chi connectivity index (χ4n) is 2.97. The molecular formula is C20H28N2O6. The molecule has 1 saturated heterocycles. The second kappa shape index (κ2) is 9.43. The van der Waals surface area contributed by atoms with Gasteiger partial charge in [-0.2, -0.15) is 0 Å². The molecule has 154 valence electrons. The Morgan fingerprint density at radius 1 is 1.14 bits per heavy atom. The lowest BCUT2D eigenvalue weighted by molar-refractivity contribution is -0.147. The van der Waals surface area contributed by atoms with Crippen molar-refractivity contribution < 1.29 is 28.6 Å². The van der Waals surface area contributed by atoms with E-state index >= 15 is 0 Å². The van der Waals surface area contributed by atoms with Crippen LogP contribution in [0.3, 0.4) is 0 Å². The summed E-state index contributed by atoms with van der Waals surface area (Å²) >= 11 is 0. The number of nitrogens with zero attached hydrogens (tertiary/aromatic N) is 1. The van der Waals surface area contributed by atoms with Gasteiger partial charge in [0.05, 0.1) is 19.1 Å². The topological polar surface area (TPSA) is 94.2 Å². The Morgan fingerprint density at radius 3 is 2.43 bits per heavy atom. The molecule has 0 radical (unpaired) electrons. The highest BCUT2D eigenvalue weighted by molar-refractivity contribution is 5.75. The molecular weight excluding hydrogens is 364 g/mol. The third-order valence-electron chi connectivity index (χ3n) is 4.17. The van der Waals surface area contributed by atoms with Crippen LogP contribution in [0, 0.1) is 5.92 Å². The van der Waals surface area contributed by atoms with Crippen molar-refractivity contribution in [2.24, 2.45) is 5.92 Å². The summed E-state index contributed by atoms with van der Waals surface area (Å²) < 4.78 is 15.4. The number of likely N-dealkylation sites (tertiary alicyclic amines) is 1. The molecule has 0 saturated carbocycles. The van der Waals surface area contributed by atoms with Gasteiger partial charge in [-0.3, -0.25) is 4.79 Å². The molecule has 1 aromatic carbocycles. The lowest BCUT2D eigenvalue weighted by Gasteiger charge is -2.36. The van der Waals surface area contributed by atoms with Crippen molar-refractivity contribution in [2.75, 3.05) is 20.2 Å². The third-order valence-corrected chi connectivity index (χ3v) is 4.17. The van der Waals surface area contributed by atoms with E-state index < -0.39 is 35.7 Å². The van der Waals surface area contributed by atoms with Gasteiger partial charge < -0.3 is 24.4 Å². The fourth-order valence-corrected chi connectivity index (χ4v) is 2.97. The van der Waals surface area contributed by atoms with Gasteiger partial charge in [0.25, 0.3) is 0 Å². The average molecular weight is 392 g/mol. The number of methoxy groups -OCH3 is 1. The monoisotopic (exact) mass is 392 g/mol. The van der Waals surface area contributed by atoms with Crippen LogP contribution < -0.4 is 5.32 Å². The number of rotatable bonds is 4. The minimum atomic E-state index is -0.644. The predicted molar refractivity (Wildman–Crippen MR) is 101 cm³/mol. The lowest BCUT2D eigenvalue weighted by atomic mass is 9.94. The molecule has 0 unspecified atom stereocenters. The molecule has 2 rings (SSSR count). The van der Waals surface area contributed by atoms with Crippen molar-refractivity contribution in [3.63, 3.8) is 0 Å². The molecule has 2 amide bonds. The van der Waals surface area contributed by atoms with E-state index in [-0.39, 0.29) is 19.7 Å². The summed E-state index contributed by atoms with van der Waals surface area (Å²) in [6, 6.07) is 8.86. The maximum atomic E-state index is 12.5. The molecule has 0 aromatic heterocycles.